The molecule has 2 aromatic carbocycles. The van der Waals surface area contributed by atoms with Crippen molar-refractivity contribution in [3.63, 3.8) is 0 Å². The number of nitrogens with one attached hydrogen (secondary N) is 1. The Morgan fingerprint density at radius 1 is 1.14 bits per heavy atom. The number of halogens is 1. The summed E-state index contributed by atoms with van der Waals surface area (Å²) in [5.41, 5.74) is 1.53. The van der Waals surface area contributed by atoms with Crippen LogP contribution in [0.25, 0.3) is 0 Å². The minimum atomic E-state index is -0.407. The van der Waals surface area contributed by atoms with Crippen molar-refractivity contribution in [3.05, 3.63) is 58.6 Å². The molecular weight excluding hydrogens is 380 g/mol. The van der Waals surface area contributed by atoms with Gasteiger partial charge in [-0.3, -0.25) is 14.4 Å². The van der Waals surface area contributed by atoms with E-state index < -0.39 is 11.8 Å². The molecule has 0 saturated carbocycles. The summed E-state index contributed by atoms with van der Waals surface area (Å²) >= 11 is 6.33. The molecule has 0 bridgehead atoms. The highest BCUT2D eigenvalue weighted by atomic mass is 35.5. The van der Waals surface area contributed by atoms with Crippen molar-refractivity contribution in [1.82, 2.24) is 0 Å². The van der Waals surface area contributed by atoms with Crippen molar-refractivity contribution >= 4 is 40.7 Å². The Kier molecular flexibility index (Phi) is 5.15. The van der Waals surface area contributed by atoms with Gasteiger partial charge in [0.15, 0.2) is 0 Å². The molecule has 1 atom stereocenters. The quantitative estimate of drug-likeness (QED) is 0.771. The predicted octanol–water partition coefficient (Wildman–Crippen LogP) is 4.04. The molecule has 7 heteroatoms. The highest BCUT2D eigenvalue weighted by Gasteiger charge is 2.37. The summed E-state index contributed by atoms with van der Waals surface area (Å²) in [5, 5.41) is 3.01. The molecule has 2 aromatic rings. The number of carbonyl (C=O) groups is 3. The Morgan fingerprint density at radius 2 is 1.86 bits per heavy atom. The fraction of sp³-hybridized carbons (Fsp3) is 0.286. The van der Waals surface area contributed by atoms with Gasteiger partial charge >= 0.3 is 0 Å². The molecule has 2 aliphatic heterocycles. The number of hydrogen-bond donors (Lipinski definition) is 1. The van der Waals surface area contributed by atoms with E-state index in [1.165, 1.54) is 0 Å². The van der Waals surface area contributed by atoms with Gasteiger partial charge in [0.2, 0.25) is 5.91 Å². The molecule has 1 N–H and O–H groups in total. The third kappa shape index (κ3) is 3.53. The number of ether oxygens (including phenoxy) is 1. The molecular formula is C21H19ClN2O4. The van der Waals surface area contributed by atoms with Crippen molar-refractivity contribution in [2.24, 2.45) is 0 Å². The molecule has 2 heterocycles. The highest BCUT2D eigenvalue weighted by Crippen LogP contribution is 2.34. The summed E-state index contributed by atoms with van der Waals surface area (Å²) in [6.07, 6.45) is 3.25. The van der Waals surface area contributed by atoms with E-state index in [0.29, 0.717) is 35.3 Å². The number of carbonyl (C=O) groups excluding carboxylic acids is 3. The topological polar surface area (TPSA) is 75.7 Å². The second-order valence-corrected chi connectivity index (χ2v) is 7.29. The lowest BCUT2D eigenvalue weighted by Gasteiger charge is -2.16. The van der Waals surface area contributed by atoms with Gasteiger partial charge in [0, 0.05) is 18.7 Å². The van der Waals surface area contributed by atoms with Gasteiger partial charge < -0.3 is 10.1 Å². The standard InChI is InChI=1S/C21H19ClN2O4/c22-17-12-13(23-19(25)10-8-14-4-3-11-28-14)7-9-18(17)24-20(26)15-5-1-2-6-16(15)21(24)27/h1-2,5-7,9,12,14H,3-4,8,10-11H2,(H,23,25). The minimum absolute atomic E-state index is 0.125. The lowest BCUT2D eigenvalue weighted by Crippen LogP contribution is -2.29. The molecule has 1 unspecified atom stereocenters. The average Bonchev–Trinajstić information content (AvgIpc) is 3.29. The molecule has 0 spiro atoms. The van der Waals surface area contributed by atoms with E-state index in [2.05, 4.69) is 5.32 Å². The molecule has 1 fully saturated rings. The van der Waals surface area contributed by atoms with E-state index in [4.69, 9.17) is 16.3 Å². The lowest BCUT2D eigenvalue weighted by atomic mass is 10.1. The molecule has 0 aliphatic carbocycles. The third-order valence-electron chi connectivity index (χ3n) is 4.98. The van der Waals surface area contributed by atoms with E-state index in [1.807, 2.05) is 0 Å². The van der Waals surface area contributed by atoms with Crippen LogP contribution in [0.2, 0.25) is 5.02 Å². The number of nitrogens with zero attached hydrogens (tertiary/aromatic N) is 1. The normalized spacial score (nSPS) is 18.5. The third-order valence-corrected chi connectivity index (χ3v) is 5.29. The van der Waals surface area contributed by atoms with Crippen LogP contribution in [-0.4, -0.2) is 30.4 Å². The molecule has 0 aromatic heterocycles. The number of imide groups is 1. The fourth-order valence-corrected chi connectivity index (χ4v) is 3.83. The molecule has 1 saturated heterocycles. The second kappa shape index (κ2) is 7.73. The van der Waals surface area contributed by atoms with Gasteiger partial charge in [0.05, 0.1) is 27.9 Å². The number of rotatable bonds is 5. The summed E-state index contributed by atoms with van der Waals surface area (Å²) in [6, 6.07) is 11.4. The van der Waals surface area contributed by atoms with Gasteiger partial charge in [-0.05, 0) is 49.6 Å². The molecule has 4 rings (SSSR count). The first-order valence-corrected chi connectivity index (χ1v) is 9.61. The van der Waals surface area contributed by atoms with Gasteiger partial charge in [-0.15, -0.1) is 0 Å². The number of hydrogen-bond acceptors (Lipinski definition) is 4. The average molecular weight is 399 g/mol. The first-order valence-electron chi connectivity index (χ1n) is 9.23. The molecule has 144 valence electrons. The van der Waals surface area contributed by atoms with Crippen LogP contribution in [0.15, 0.2) is 42.5 Å². The molecule has 2 aliphatic rings. The van der Waals surface area contributed by atoms with Crippen LogP contribution in [0.3, 0.4) is 0 Å². The second-order valence-electron chi connectivity index (χ2n) is 6.88. The summed E-state index contributed by atoms with van der Waals surface area (Å²) in [7, 11) is 0. The van der Waals surface area contributed by atoms with Crippen molar-refractivity contribution in [2.45, 2.75) is 31.8 Å². The van der Waals surface area contributed by atoms with E-state index in [-0.39, 0.29) is 17.0 Å². The van der Waals surface area contributed by atoms with Crippen molar-refractivity contribution in [3.8, 4) is 0 Å². The molecule has 0 radical (unpaired) electrons. The zero-order chi connectivity index (χ0) is 19.7. The maximum absolute atomic E-state index is 12.6. The Morgan fingerprint density at radius 3 is 2.46 bits per heavy atom. The Bertz CT molecular complexity index is 918. The minimum Gasteiger partial charge on any atom is -0.378 e. The van der Waals surface area contributed by atoms with Gasteiger partial charge in [-0.2, -0.15) is 0 Å². The SMILES string of the molecule is O=C(CCC1CCCO1)Nc1ccc(N2C(=O)c3ccccc3C2=O)c(Cl)c1. The number of fused-ring (bicyclic) bond motifs is 1. The van der Waals surface area contributed by atoms with Crippen LogP contribution in [0.1, 0.15) is 46.4 Å². The summed E-state index contributed by atoms with van der Waals surface area (Å²) < 4.78 is 5.52. The highest BCUT2D eigenvalue weighted by molar-refractivity contribution is 6.40. The Balaban J connectivity index is 1.45. The fourth-order valence-electron chi connectivity index (χ4n) is 3.56. The van der Waals surface area contributed by atoms with E-state index in [1.54, 1.807) is 42.5 Å². The monoisotopic (exact) mass is 398 g/mol. The van der Waals surface area contributed by atoms with Crippen LogP contribution in [-0.2, 0) is 9.53 Å². The van der Waals surface area contributed by atoms with Crippen molar-refractivity contribution < 1.29 is 19.1 Å². The van der Waals surface area contributed by atoms with Gasteiger partial charge in [-0.25, -0.2) is 4.90 Å². The van der Waals surface area contributed by atoms with Gasteiger partial charge in [0.25, 0.3) is 11.8 Å². The zero-order valence-electron chi connectivity index (χ0n) is 15.1. The van der Waals surface area contributed by atoms with Crippen LogP contribution in [0.5, 0.6) is 0 Å². The Hall–Kier alpha value is -2.70. The van der Waals surface area contributed by atoms with Gasteiger partial charge in [0.1, 0.15) is 0 Å². The van der Waals surface area contributed by atoms with E-state index >= 15 is 0 Å². The van der Waals surface area contributed by atoms with Crippen LogP contribution < -0.4 is 10.2 Å². The molecule has 3 amide bonds. The maximum Gasteiger partial charge on any atom is 0.266 e. The van der Waals surface area contributed by atoms with Crippen LogP contribution in [0, 0.1) is 0 Å². The van der Waals surface area contributed by atoms with Crippen LogP contribution in [0.4, 0.5) is 11.4 Å². The van der Waals surface area contributed by atoms with E-state index in [9.17, 15) is 14.4 Å². The van der Waals surface area contributed by atoms with Gasteiger partial charge in [-0.1, -0.05) is 23.7 Å². The van der Waals surface area contributed by atoms with Crippen molar-refractivity contribution in [2.75, 3.05) is 16.8 Å². The number of amides is 3. The maximum atomic E-state index is 12.6. The molecule has 28 heavy (non-hydrogen) atoms. The summed E-state index contributed by atoms with van der Waals surface area (Å²) in [6.45, 7) is 0.765. The summed E-state index contributed by atoms with van der Waals surface area (Å²) in [4.78, 5) is 38.4. The van der Waals surface area contributed by atoms with E-state index in [0.717, 1.165) is 24.3 Å². The largest absolute Gasteiger partial charge is 0.378 e. The summed E-state index contributed by atoms with van der Waals surface area (Å²) in [5.74, 6) is -0.938. The lowest BCUT2D eigenvalue weighted by molar-refractivity contribution is -0.116. The molecule has 6 nitrogen and oxygen atoms in total. The smallest absolute Gasteiger partial charge is 0.266 e. The zero-order valence-corrected chi connectivity index (χ0v) is 15.9. The number of anilines is 2. The van der Waals surface area contributed by atoms with Crippen LogP contribution >= 0.6 is 11.6 Å². The predicted molar refractivity (Wildman–Crippen MR) is 106 cm³/mol. The Labute approximate surface area is 167 Å². The van der Waals surface area contributed by atoms with Crippen molar-refractivity contribution in [1.29, 1.82) is 0 Å². The first kappa shape index (κ1) is 18.7. The first-order chi connectivity index (χ1) is 13.5. The number of benzene rings is 2.